The summed E-state index contributed by atoms with van der Waals surface area (Å²) >= 11 is 0. The van der Waals surface area contributed by atoms with Crippen molar-refractivity contribution in [3.63, 3.8) is 0 Å². The minimum atomic E-state index is -1.66. The van der Waals surface area contributed by atoms with Gasteiger partial charge in [-0.1, -0.05) is 50.6 Å². The first-order valence-electron chi connectivity index (χ1n) is 13.8. The second-order valence-electron chi connectivity index (χ2n) is 10.5. The normalized spacial score (nSPS) is 14.6. The maximum atomic E-state index is 13.4. The van der Waals surface area contributed by atoms with E-state index in [4.69, 9.17) is 5.73 Å². The summed E-state index contributed by atoms with van der Waals surface area (Å²) in [6.45, 7) is 3.64. The highest BCUT2D eigenvalue weighted by Gasteiger charge is 2.32. The number of carboxylic acid groups (broad SMARTS) is 2. The van der Waals surface area contributed by atoms with Crippen molar-refractivity contribution >= 4 is 40.6 Å². The molecule has 3 aromatic rings. The number of aliphatic carboxylic acids is 2. The molecule has 0 aliphatic rings. The van der Waals surface area contributed by atoms with Gasteiger partial charge in [-0.15, -0.1) is 0 Å². The summed E-state index contributed by atoms with van der Waals surface area (Å²) in [5.74, 6) is -5.48. The Hall–Kier alpha value is -4.91. The van der Waals surface area contributed by atoms with Crippen LogP contribution in [0.2, 0.25) is 0 Å². The lowest BCUT2D eigenvalue weighted by molar-refractivity contribution is -0.143. The number of carboxylic acids is 2. The fourth-order valence-electron chi connectivity index (χ4n) is 4.51. The first-order chi connectivity index (χ1) is 20.4. The minimum Gasteiger partial charge on any atom is -0.508 e. The first kappa shape index (κ1) is 32.6. The highest BCUT2D eigenvalue weighted by molar-refractivity contribution is 5.96. The number of carbonyl (C=O) groups excluding carboxylic acids is 3. The fourth-order valence-corrected chi connectivity index (χ4v) is 4.51. The van der Waals surface area contributed by atoms with Gasteiger partial charge < -0.3 is 42.0 Å². The Kier molecular flexibility index (Phi) is 11.2. The van der Waals surface area contributed by atoms with Gasteiger partial charge in [0.05, 0.1) is 12.5 Å². The van der Waals surface area contributed by atoms with Crippen LogP contribution in [0.3, 0.4) is 0 Å². The number of fused-ring (bicyclic) bond motifs is 1. The Morgan fingerprint density at radius 3 is 2.07 bits per heavy atom. The topological polar surface area (TPSA) is 224 Å². The van der Waals surface area contributed by atoms with Gasteiger partial charge in [0.1, 0.15) is 23.9 Å². The first-order valence-corrected chi connectivity index (χ1v) is 13.8. The molecule has 43 heavy (non-hydrogen) atoms. The van der Waals surface area contributed by atoms with Crippen LogP contribution in [0.1, 0.15) is 37.8 Å². The van der Waals surface area contributed by atoms with Crippen LogP contribution in [0, 0.1) is 5.92 Å². The van der Waals surface area contributed by atoms with Crippen LogP contribution in [0.25, 0.3) is 10.9 Å². The van der Waals surface area contributed by atoms with Crippen LogP contribution >= 0.6 is 0 Å². The third-order valence-corrected chi connectivity index (χ3v) is 7.29. The number of nitrogens with one attached hydrogen (secondary N) is 4. The van der Waals surface area contributed by atoms with E-state index in [1.807, 2.05) is 19.1 Å². The molecule has 0 saturated heterocycles. The number of hydrogen-bond acceptors (Lipinski definition) is 7. The molecule has 13 heteroatoms. The van der Waals surface area contributed by atoms with E-state index in [2.05, 4.69) is 20.9 Å². The second-order valence-corrected chi connectivity index (χ2v) is 10.5. The van der Waals surface area contributed by atoms with Crippen molar-refractivity contribution in [1.82, 2.24) is 20.9 Å². The van der Waals surface area contributed by atoms with E-state index >= 15 is 0 Å². The zero-order chi connectivity index (χ0) is 31.7. The molecule has 3 amide bonds. The molecule has 1 aromatic heterocycles. The number of para-hydroxylation sites is 1. The lowest BCUT2D eigenvalue weighted by atomic mass is 9.98. The molecule has 0 saturated carbocycles. The highest BCUT2D eigenvalue weighted by Crippen LogP contribution is 2.19. The lowest BCUT2D eigenvalue weighted by Crippen LogP contribution is -2.58. The third-order valence-electron chi connectivity index (χ3n) is 7.29. The van der Waals surface area contributed by atoms with Crippen molar-refractivity contribution in [1.29, 1.82) is 0 Å². The van der Waals surface area contributed by atoms with Gasteiger partial charge in [-0.05, 0) is 35.2 Å². The molecule has 0 aliphatic heterocycles. The van der Waals surface area contributed by atoms with Gasteiger partial charge in [0.25, 0.3) is 0 Å². The minimum absolute atomic E-state index is 0.00797. The van der Waals surface area contributed by atoms with Crippen LogP contribution in [-0.4, -0.2) is 74.1 Å². The number of nitrogens with two attached hydrogens (primary N) is 1. The summed E-state index contributed by atoms with van der Waals surface area (Å²) in [5.41, 5.74) is 8.00. The van der Waals surface area contributed by atoms with E-state index in [1.54, 1.807) is 37.4 Å². The summed E-state index contributed by atoms with van der Waals surface area (Å²) in [7, 11) is 0. The van der Waals surface area contributed by atoms with Crippen LogP contribution in [-0.2, 0) is 36.8 Å². The van der Waals surface area contributed by atoms with Gasteiger partial charge in [-0.25, -0.2) is 4.79 Å². The molecular formula is C30H37N5O8. The predicted molar refractivity (Wildman–Crippen MR) is 157 cm³/mol. The fraction of sp³-hybridized carbons (Fsp3) is 0.367. The number of carbonyl (C=O) groups is 5. The van der Waals surface area contributed by atoms with Crippen LogP contribution in [0.15, 0.2) is 54.7 Å². The molecule has 230 valence electrons. The van der Waals surface area contributed by atoms with Gasteiger partial charge in [0.2, 0.25) is 17.7 Å². The van der Waals surface area contributed by atoms with Crippen molar-refractivity contribution in [2.75, 3.05) is 0 Å². The Morgan fingerprint density at radius 1 is 0.837 bits per heavy atom. The van der Waals surface area contributed by atoms with Gasteiger partial charge in [-0.2, -0.15) is 0 Å². The standard InChI is InChI=1S/C30H37N5O8/c1-3-16(2)26(31)29(41)34-22(12-17-8-10-19(36)11-9-17)27(39)33-23(14-25(37)38)28(40)35-24(30(42)43)13-18-15-32-21-7-5-4-6-20(18)21/h4-11,15-16,22-24,26,32,36H,3,12-14,31H2,1-2H3,(H,33,39)(H,34,41)(H,35,40)(H,37,38)(H,42,43). The number of rotatable bonds is 15. The summed E-state index contributed by atoms with van der Waals surface area (Å²) in [6, 6.07) is 7.81. The highest BCUT2D eigenvalue weighted by atomic mass is 16.4. The number of aromatic hydroxyl groups is 1. The summed E-state index contributed by atoms with van der Waals surface area (Å²) < 4.78 is 0. The van der Waals surface area contributed by atoms with Gasteiger partial charge in [-0.3, -0.25) is 19.2 Å². The SMILES string of the molecule is CCC(C)C(N)C(=O)NC(Cc1ccc(O)cc1)C(=O)NC(CC(=O)O)C(=O)NC(Cc1c[nH]c2ccccc12)C(=O)O. The molecule has 0 radical (unpaired) electrons. The molecule has 1 heterocycles. The molecule has 13 nitrogen and oxygen atoms in total. The molecule has 3 rings (SSSR count). The van der Waals surface area contributed by atoms with E-state index in [9.17, 15) is 39.3 Å². The third kappa shape index (κ3) is 9.04. The number of aromatic amines is 1. The average molecular weight is 596 g/mol. The van der Waals surface area contributed by atoms with Crippen LogP contribution in [0.5, 0.6) is 5.75 Å². The number of H-pyrrole nitrogens is 1. The Bertz CT molecular complexity index is 1450. The van der Waals surface area contributed by atoms with Gasteiger partial charge >= 0.3 is 11.9 Å². The number of phenols is 1. The molecule has 5 atom stereocenters. The summed E-state index contributed by atoms with van der Waals surface area (Å²) in [6.07, 6.45) is 1.22. The number of benzene rings is 2. The van der Waals surface area contributed by atoms with E-state index in [0.717, 1.165) is 10.9 Å². The molecule has 9 N–H and O–H groups in total. The molecule has 0 spiro atoms. The molecule has 5 unspecified atom stereocenters. The van der Waals surface area contributed by atoms with E-state index in [0.29, 0.717) is 17.5 Å². The Balaban J connectivity index is 1.80. The number of phenolic OH excluding ortho intramolecular Hbond substituents is 1. The van der Waals surface area contributed by atoms with E-state index < -0.39 is 60.2 Å². The van der Waals surface area contributed by atoms with Crippen molar-refractivity contribution < 1.29 is 39.3 Å². The van der Waals surface area contributed by atoms with Crippen molar-refractivity contribution in [3.8, 4) is 5.75 Å². The second kappa shape index (κ2) is 14.8. The molecule has 0 aliphatic carbocycles. The lowest BCUT2D eigenvalue weighted by Gasteiger charge is -2.26. The summed E-state index contributed by atoms with van der Waals surface area (Å²) in [4.78, 5) is 66.2. The predicted octanol–water partition coefficient (Wildman–Crippen LogP) is 1.05. The van der Waals surface area contributed by atoms with Crippen LogP contribution < -0.4 is 21.7 Å². The molecule has 2 aromatic carbocycles. The summed E-state index contributed by atoms with van der Waals surface area (Å²) in [5, 5.41) is 36.9. The zero-order valence-electron chi connectivity index (χ0n) is 23.9. The Labute approximate surface area is 247 Å². The van der Waals surface area contributed by atoms with Gasteiger partial charge in [0.15, 0.2) is 0 Å². The zero-order valence-corrected chi connectivity index (χ0v) is 23.9. The molecular weight excluding hydrogens is 558 g/mol. The van der Waals surface area contributed by atoms with E-state index in [1.165, 1.54) is 12.1 Å². The Morgan fingerprint density at radius 2 is 1.44 bits per heavy atom. The largest absolute Gasteiger partial charge is 0.508 e. The number of hydrogen-bond donors (Lipinski definition) is 8. The van der Waals surface area contributed by atoms with E-state index in [-0.39, 0.29) is 24.5 Å². The number of amides is 3. The maximum absolute atomic E-state index is 13.4. The maximum Gasteiger partial charge on any atom is 0.326 e. The van der Waals surface area contributed by atoms with Crippen molar-refractivity contribution in [2.45, 2.75) is 63.7 Å². The van der Waals surface area contributed by atoms with Crippen LogP contribution in [0.4, 0.5) is 0 Å². The molecule has 0 fully saturated rings. The van der Waals surface area contributed by atoms with Crippen molar-refractivity contribution in [2.24, 2.45) is 11.7 Å². The smallest absolute Gasteiger partial charge is 0.326 e. The monoisotopic (exact) mass is 595 g/mol. The molecule has 0 bridgehead atoms. The van der Waals surface area contributed by atoms with Crippen molar-refractivity contribution in [3.05, 3.63) is 65.9 Å². The number of aromatic nitrogens is 1. The quantitative estimate of drug-likeness (QED) is 0.125. The van der Waals surface area contributed by atoms with Gasteiger partial charge in [0, 0.05) is 29.9 Å². The average Bonchev–Trinajstić information content (AvgIpc) is 3.38.